The van der Waals surface area contributed by atoms with Gasteiger partial charge in [-0.05, 0) is 71.0 Å². The summed E-state index contributed by atoms with van der Waals surface area (Å²) in [7, 11) is 1.58. The molecule has 318 valence electrons. The van der Waals surface area contributed by atoms with Gasteiger partial charge in [-0.3, -0.25) is 4.90 Å². The van der Waals surface area contributed by atoms with Gasteiger partial charge in [0.2, 0.25) is 0 Å². The number of unbranched alkanes of at least 4 members (excludes halogenated alkanes) is 24. The van der Waals surface area contributed by atoms with Crippen molar-refractivity contribution in [1.29, 1.82) is 0 Å². The zero-order valence-corrected chi connectivity index (χ0v) is 38.4. The highest BCUT2D eigenvalue weighted by molar-refractivity contribution is 8.76. The third kappa shape index (κ3) is 41.9. The molecule has 0 saturated carbocycles. The van der Waals surface area contributed by atoms with Crippen LogP contribution in [0.15, 0.2) is 12.2 Å². The van der Waals surface area contributed by atoms with Crippen molar-refractivity contribution in [2.45, 2.75) is 213 Å². The number of allylic oxidation sites excluding steroid dienone is 2. The third-order valence-electron chi connectivity index (χ3n) is 9.89. The lowest BCUT2D eigenvalue weighted by Gasteiger charge is -2.29. The minimum absolute atomic E-state index is 0.145. The second kappa shape index (κ2) is 43.5. The summed E-state index contributed by atoms with van der Waals surface area (Å²) < 4.78 is 19.3. The second-order valence-corrected chi connectivity index (χ2v) is 21.5. The van der Waals surface area contributed by atoms with Crippen LogP contribution in [0.5, 0.6) is 0 Å². The predicted molar refractivity (Wildman–Crippen MR) is 240 cm³/mol. The minimum Gasteiger partial charge on any atom is -0.395 e. The van der Waals surface area contributed by atoms with E-state index in [0.29, 0.717) is 13.1 Å². The van der Waals surface area contributed by atoms with Gasteiger partial charge in [0.1, 0.15) is 0 Å². The van der Waals surface area contributed by atoms with Gasteiger partial charge in [-0.15, -0.1) is 0 Å². The molecule has 2 N–H and O–H groups in total. The summed E-state index contributed by atoms with van der Waals surface area (Å²) >= 11 is 0. The number of hydrogen-bond donors (Lipinski definition) is 2. The largest absolute Gasteiger partial charge is 0.395 e. The Kier molecular flexibility index (Phi) is 43.9. The van der Waals surface area contributed by atoms with Gasteiger partial charge in [0.15, 0.2) is 6.29 Å². The van der Waals surface area contributed by atoms with Crippen LogP contribution in [-0.4, -0.2) is 87.5 Å². The molecular weight excluding hydrogens is 715 g/mol. The quantitative estimate of drug-likeness (QED) is 0.0207. The van der Waals surface area contributed by atoms with Crippen molar-refractivity contribution < 1.29 is 23.8 Å². The van der Waals surface area contributed by atoms with Gasteiger partial charge in [0.05, 0.1) is 19.0 Å². The first-order valence-corrected chi connectivity index (χ1v) is 28.1. The van der Waals surface area contributed by atoms with Gasteiger partial charge >= 0.3 is 8.56 Å². The van der Waals surface area contributed by atoms with E-state index in [9.17, 15) is 10.2 Å². The fraction of sp³-hybridized carbons (Fsp3) is 0.955. The van der Waals surface area contributed by atoms with Crippen LogP contribution in [0.4, 0.5) is 0 Å². The van der Waals surface area contributed by atoms with E-state index in [-0.39, 0.29) is 19.5 Å². The second-order valence-electron chi connectivity index (χ2n) is 15.6. The van der Waals surface area contributed by atoms with Gasteiger partial charge < -0.3 is 23.8 Å². The van der Waals surface area contributed by atoms with Gasteiger partial charge in [0, 0.05) is 32.1 Å². The van der Waals surface area contributed by atoms with Crippen LogP contribution < -0.4 is 0 Å². The zero-order valence-electron chi connectivity index (χ0n) is 35.8. The maximum absolute atomic E-state index is 9.21. The molecule has 0 saturated heterocycles. The Labute approximate surface area is 340 Å². The molecule has 0 aromatic heterocycles. The molecule has 0 amide bonds. The number of nitrogens with zero attached hydrogens (tertiary/aromatic N) is 1. The summed E-state index contributed by atoms with van der Waals surface area (Å²) in [5, 5.41) is 18.4. The molecule has 0 aromatic rings. The molecule has 9 heteroatoms. The maximum atomic E-state index is 9.21. The predicted octanol–water partition coefficient (Wildman–Crippen LogP) is 13.3. The van der Waals surface area contributed by atoms with E-state index in [4.69, 9.17) is 13.6 Å². The van der Waals surface area contributed by atoms with Gasteiger partial charge in [0.25, 0.3) is 0 Å². The number of aliphatic hydroxyl groups excluding tert-OH is 2. The highest BCUT2D eigenvalue weighted by Crippen LogP contribution is 2.27. The van der Waals surface area contributed by atoms with Crippen molar-refractivity contribution in [2.24, 2.45) is 0 Å². The smallest absolute Gasteiger partial charge is 0.333 e. The Morgan fingerprint density at radius 2 is 0.981 bits per heavy atom. The molecule has 0 aromatic carbocycles. The summed E-state index contributed by atoms with van der Waals surface area (Å²) in [5.74, 6) is 2.06. The Bertz CT molecular complexity index is 730. The topological polar surface area (TPSA) is 71.4 Å². The molecule has 0 aliphatic heterocycles. The van der Waals surface area contributed by atoms with Crippen LogP contribution in [0.2, 0.25) is 13.1 Å². The van der Waals surface area contributed by atoms with E-state index in [0.717, 1.165) is 57.6 Å². The molecular formula is C44H91NO5S2Si. The molecule has 1 unspecified atom stereocenters. The highest BCUT2D eigenvalue weighted by atomic mass is 33.1. The van der Waals surface area contributed by atoms with E-state index >= 15 is 0 Å². The van der Waals surface area contributed by atoms with Gasteiger partial charge in [-0.25, -0.2) is 0 Å². The molecule has 0 heterocycles. The van der Waals surface area contributed by atoms with E-state index in [1.807, 2.05) is 21.6 Å². The summed E-state index contributed by atoms with van der Waals surface area (Å²) in [4.78, 5) is 2.13. The molecule has 0 rings (SSSR count). The number of rotatable bonds is 45. The third-order valence-corrected chi connectivity index (χ3v) is 14.1. The molecule has 0 aliphatic carbocycles. The number of hydrogen-bond acceptors (Lipinski definition) is 8. The van der Waals surface area contributed by atoms with Crippen LogP contribution in [0, 0.1) is 0 Å². The Morgan fingerprint density at radius 3 is 1.51 bits per heavy atom. The van der Waals surface area contributed by atoms with Crippen molar-refractivity contribution in [3.8, 4) is 0 Å². The summed E-state index contributed by atoms with van der Waals surface area (Å²) in [5.41, 5.74) is 0. The van der Waals surface area contributed by atoms with Crippen molar-refractivity contribution in [3.05, 3.63) is 12.2 Å². The molecule has 0 bridgehead atoms. The van der Waals surface area contributed by atoms with Gasteiger partial charge in [-0.1, -0.05) is 176 Å². The van der Waals surface area contributed by atoms with Crippen LogP contribution in [0.25, 0.3) is 0 Å². The summed E-state index contributed by atoms with van der Waals surface area (Å²) in [6.45, 7) is 12.9. The highest BCUT2D eigenvalue weighted by Gasteiger charge is 2.29. The van der Waals surface area contributed by atoms with Crippen molar-refractivity contribution in [1.82, 2.24) is 4.90 Å². The summed E-state index contributed by atoms with van der Waals surface area (Å²) in [6, 6.07) is 0. The fourth-order valence-electron chi connectivity index (χ4n) is 6.57. The van der Waals surface area contributed by atoms with Crippen molar-refractivity contribution in [3.63, 3.8) is 0 Å². The lowest BCUT2D eigenvalue weighted by molar-refractivity contribution is -0.0829. The lowest BCUT2D eigenvalue weighted by Crippen LogP contribution is -2.41. The van der Waals surface area contributed by atoms with E-state index in [2.05, 4.69) is 44.0 Å². The number of ether oxygens (including phenoxy) is 1. The molecule has 1 atom stereocenters. The van der Waals surface area contributed by atoms with Gasteiger partial charge in [-0.2, -0.15) is 0 Å². The van der Waals surface area contributed by atoms with Crippen LogP contribution in [0.3, 0.4) is 0 Å². The van der Waals surface area contributed by atoms with E-state index in [1.54, 1.807) is 0 Å². The fourth-order valence-corrected chi connectivity index (χ4v) is 10.3. The molecule has 0 radical (unpaired) electrons. The average Bonchev–Trinajstić information content (AvgIpc) is 3.14. The van der Waals surface area contributed by atoms with E-state index < -0.39 is 8.56 Å². The molecule has 53 heavy (non-hydrogen) atoms. The first-order chi connectivity index (χ1) is 26.0. The summed E-state index contributed by atoms with van der Waals surface area (Å²) in [6.07, 6.45) is 41.3. The molecule has 6 nitrogen and oxygen atoms in total. The zero-order chi connectivity index (χ0) is 38.8. The Balaban J connectivity index is 4.30. The van der Waals surface area contributed by atoms with E-state index in [1.165, 1.54) is 153 Å². The minimum atomic E-state index is -2.31. The molecule has 0 aliphatic rings. The average molecular weight is 806 g/mol. The van der Waals surface area contributed by atoms with Crippen LogP contribution in [0.1, 0.15) is 194 Å². The SMILES string of the molecule is CCCCCCCC/C=C\CCCCCCCCOC(CSSCCCCCCCCCCCC)O[Si](C)(C)OCCCCCCN(CCO)CCO. The van der Waals surface area contributed by atoms with Crippen LogP contribution in [-0.2, 0) is 13.6 Å². The Morgan fingerprint density at radius 1 is 0.528 bits per heavy atom. The first kappa shape index (κ1) is 53.4. The Hall–Kier alpha value is 0.417. The molecule has 0 fully saturated rings. The first-order valence-electron chi connectivity index (χ1n) is 22.8. The lowest BCUT2D eigenvalue weighted by atomic mass is 10.1. The number of aliphatic hydroxyl groups is 2. The van der Waals surface area contributed by atoms with Crippen molar-refractivity contribution >= 4 is 30.1 Å². The monoisotopic (exact) mass is 806 g/mol. The van der Waals surface area contributed by atoms with Crippen LogP contribution >= 0.6 is 21.6 Å². The molecule has 0 spiro atoms. The standard InChI is InChI=1S/C44H91NO5S2Si/c1-5-7-9-11-13-15-17-18-19-20-21-22-23-25-28-32-40-48-44(43-52-51-42-34-30-26-24-16-14-12-10-8-6-2)50-53(3,4)49-41-33-29-27-31-35-45(36-38-46)37-39-47/h18-19,44,46-47H,5-17,20-43H2,1-4H3/b19-18-. The van der Waals surface area contributed by atoms with Crippen molar-refractivity contribution in [2.75, 3.05) is 57.6 Å². The normalized spacial score (nSPS) is 12.9. The maximum Gasteiger partial charge on any atom is 0.333 e.